The Morgan fingerprint density at radius 2 is 1.80 bits per heavy atom. The molecule has 0 unspecified atom stereocenters. The molecule has 0 spiro atoms. The van der Waals surface area contributed by atoms with Crippen LogP contribution in [0.1, 0.15) is 38.7 Å². The fraction of sp³-hybridized carbons (Fsp3) is 0.333. The van der Waals surface area contributed by atoms with Gasteiger partial charge in [-0.3, -0.25) is 0 Å². The summed E-state index contributed by atoms with van der Waals surface area (Å²) in [5.41, 5.74) is 5.07. The van der Waals surface area contributed by atoms with E-state index in [1.807, 2.05) is 24.3 Å². The summed E-state index contributed by atoms with van der Waals surface area (Å²) in [6, 6.07) is 16.6. The molecule has 0 saturated heterocycles. The maximum absolute atomic E-state index is 6.41. The molecule has 30 heavy (non-hydrogen) atoms. The molecule has 6 heteroatoms. The first-order valence-corrected chi connectivity index (χ1v) is 10.8. The molecule has 0 fully saturated rings. The summed E-state index contributed by atoms with van der Waals surface area (Å²) in [6.07, 6.45) is 2.86. The quantitative estimate of drug-likeness (QED) is 0.470. The van der Waals surface area contributed by atoms with Gasteiger partial charge in [0, 0.05) is 34.6 Å². The van der Waals surface area contributed by atoms with Gasteiger partial charge >= 0.3 is 0 Å². The number of fused-ring (bicyclic) bond motifs is 1. The molecule has 5 nitrogen and oxygen atoms in total. The van der Waals surface area contributed by atoms with Crippen molar-refractivity contribution >= 4 is 34.0 Å². The lowest BCUT2D eigenvalue weighted by Gasteiger charge is -2.28. The number of hydrogen-bond acceptors (Lipinski definition) is 5. The van der Waals surface area contributed by atoms with Gasteiger partial charge in [-0.05, 0) is 62.1 Å². The Kier molecular flexibility index (Phi) is 6.09. The van der Waals surface area contributed by atoms with Gasteiger partial charge in [-0.1, -0.05) is 41.9 Å². The first-order chi connectivity index (χ1) is 14.6. The SMILES string of the molecule is CC(C)N(C)c1nc2ccc(Cl)cc2c(-c2ccccc2)c1/C1=N\N=NCCCC1. The van der Waals surface area contributed by atoms with E-state index in [1.165, 1.54) is 0 Å². The molecule has 0 aliphatic carbocycles. The number of hydrogen-bond donors (Lipinski definition) is 0. The van der Waals surface area contributed by atoms with E-state index >= 15 is 0 Å². The Bertz CT molecular complexity index is 1110. The minimum absolute atomic E-state index is 0.278. The van der Waals surface area contributed by atoms with Crippen LogP contribution in [0.15, 0.2) is 64.0 Å². The van der Waals surface area contributed by atoms with Gasteiger partial charge in [-0.25, -0.2) is 4.98 Å². The predicted octanol–water partition coefficient (Wildman–Crippen LogP) is 6.74. The molecule has 154 valence electrons. The van der Waals surface area contributed by atoms with Crippen molar-refractivity contribution in [2.75, 3.05) is 18.5 Å². The van der Waals surface area contributed by atoms with Gasteiger partial charge in [0.25, 0.3) is 0 Å². The second kappa shape index (κ2) is 8.92. The number of benzene rings is 2. The third-order valence-corrected chi connectivity index (χ3v) is 5.77. The number of aromatic nitrogens is 1. The van der Waals surface area contributed by atoms with Crippen LogP contribution in [0.25, 0.3) is 22.0 Å². The van der Waals surface area contributed by atoms with Crippen LogP contribution in [0, 0.1) is 0 Å². The van der Waals surface area contributed by atoms with E-state index < -0.39 is 0 Å². The van der Waals surface area contributed by atoms with E-state index in [0.29, 0.717) is 5.02 Å². The van der Waals surface area contributed by atoms with Crippen molar-refractivity contribution in [1.29, 1.82) is 0 Å². The number of anilines is 1. The van der Waals surface area contributed by atoms with Crippen molar-refractivity contribution in [3.8, 4) is 11.1 Å². The molecule has 2 heterocycles. The third-order valence-electron chi connectivity index (χ3n) is 5.54. The fourth-order valence-electron chi connectivity index (χ4n) is 3.73. The molecule has 0 saturated carbocycles. The topological polar surface area (TPSA) is 53.2 Å². The average Bonchev–Trinajstić information content (AvgIpc) is 2.72. The van der Waals surface area contributed by atoms with Crippen LogP contribution < -0.4 is 4.90 Å². The number of nitrogens with zero attached hydrogens (tertiary/aromatic N) is 5. The van der Waals surface area contributed by atoms with Crippen LogP contribution in [-0.2, 0) is 0 Å². The zero-order valence-corrected chi connectivity index (χ0v) is 18.4. The molecule has 4 rings (SSSR count). The van der Waals surface area contributed by atoms with Crippen LogP contribution in [0.5, 0.6) is 0 Å². The third kappa shape index (κ3) is 4.08. The lowest BCUT2D eigenvalue weighted by Crippen LogP contribution is -2.29. The second-order valence-corrected chi connectivity index (χ2v) is 8.31. The van der Waals surface area contributed by atoms with Crippen molar-refractivity contribution in [3.05, 3.63) is 59.1 Å². The Morgan fingerprint density at radius 3 is 2.57 bits per heavy atom. The molecule has 0 radical (unpaired) electrons. The fourth-order valence-corrected chi connectivity index (χ4v) is 3.90. The first-order valence-electron chi connectivity index (χ1n) is 10.4. The van der Waals surface area contributed by atoms with E-state index in [9.17, 15) is 0 Å². The molecule has 0 bridgehead atoms. The minimum atomic E-state index is 0.278. The van der Waals surface area contributed by atoms with Crippen LogP contribution in [0.2, 0.25) is 5.02 Å². The second-order valence-electron chi connectivity index (χ2n) is 7.88. The Balaban J connectivity index is 2.13. The highest BCUT2D eigenvalue weighted by atomic mass is 35.5. The van der Waals surface area contributed by atoms with Crippen molar-refractivity contribution < 1.29 is 0 Å². The summed E-state index contributed by atoms with van der Waals surface area (Å²) in [6.45, 7) is 5.06. The summed E-state index contributed by atoms with van der Waals surface area (Å²) < 4.78 is 0. The first kappa shape index (κ1) is 20.5. The van der Waals surface area contributed by atoms with E-state index in [4.69, 9.17) is 16.6 Å². The minimum Gasteiger partial charge on any atom is -0.357 e. The number of pyridine rings is 1. The van der Waals surface area contributed by atoms with Crippen LogP contribution in [-0.4, -0.2) is 30.3 Å². The molecule has 0 atom stereocenters. The Hall–Kier alpha value is -2.79. The molecule has 1 aromatic heterocycles. The summed E-state index contributed by atoms with van der Waals surface area (Å²) in [5, 5.41) is 14.5. The van der Waals surface area contributed by atoms with Crippen molar-refractivity contribution in [1.82, 2.24) is 4.98 Å². The van der Waals surface area contributed by atoms with Gasteiger partial charge in [0.1, 0.15) is 5.82 Å². The van der Waals surface area contributed by atoms with E-state index in [1.54, 1.807) is 0 Å². The highest BCUT2D eigenvalue weighted by Crippen LogP contribution is 2.39. The number of rotatable bonds is 4. The van der Waals surface area contributed by atoms with E-state index in [-0.39, 0.29) is 6.04 Å². The van der Waals surface area contributed by atoms with Gasteiger partial charge in [0.2, 0.25) is 0 Å². The van der Waals surface area contributed by atoms with Crippen molar-refractivity contribution in [3.63, 3.8) is 0 Å². The highest BCUT2D eigenvalue weighted by Gasteiger charge is 2.24. The zero-order chi connectivity index (χ0) is 21.1. The largest absolute Gasteiger partial charge is 0.357 e. The summed E-state index contributed by atoms with van der Waals surface area (Å²) >= 11 is 6.41. The smallest absolute Gasteiger partial charge is 0.139 e. The zero-order valence-electron chi connectivity index (χ0n) is 17.6. The van der Waals surface area contributed by atoms with Gasteiger partial charge in [-0.15, -0.1) is 5.10 Å². The maximum Gasteiger partial charge on any atom is 0.139 e. The molecule has 0 N–H and O–H groups in total. The number of halogens is 1. The Labute approximate surface area is 182 Å². The highest BCUT2D eigenvalue weighted by molar-refractivity contribution is 6.31. The van der Waals surface area contributed by atoms with Gasteiger partial charge in [-0.2, -0.15) is 5.11 Å². The molecule has 1 aliphatic rings. The molecule has 2 aromatic carbocycles. The molecule has 3 aromatic rings. The molecule has 0 amide bonds. The standard InChI is InChI=1S/C24H26ClN5/c1-16(2)30(3)24-23(21-11-7-8-14-26-29-28-21)22(17-9-5-4-6-10-17)19-15-18(25)12-13-20(19)27-24/h4-6,9-10,12-13,15-16H,7-8,11,14H2,1-3H3/b28-21-,29-26?. The van der Waals surface area contributed by atoms with Crippen molar-refractivity contribution in [2.45, 2.75) is 39.2 Å². The van der Waals surface area contributed by atoms with E-state index in [0.717, 1.165) is 64.9 Å². The summed E-state index contributed by atoms with van der Waals surface area (Å²) in [4.78, 5) is 7.27. The summed E-state index contributed by atoms with van der Waals surface area (Å²) in [7, 11) is 2.08. The predicted molar refractivity (Wildman–Crippen MR) is 126 cm³/mol. The summed E-state index contributed by atoms with van der Waals surface area (Å²) in [5.74, 6) is 0.910. The molecule has 1 aliphatic heterocycles. The molecular formula is C24H26ClN5. The lowest BCUT2D eigenvalue weighted by atomic mass is 9.91. The average molecular weight is 420 g/mol. The van der Waals surface area contributed by atoms with Crippen LogP contribution >= 0.6 is 11.6 Å². The van der Waals surface area contributed by atoms with E-state index in [2.05, 4.69) is 65.5 Å². The van der Waals surface area contributed by atoms with Gasteiger partial charge < -0.3 is 4.90 Å². The maximum atomic E-state index is 6.41. The van der Waals surface area contributed by atoms with Crippen LogP contribution in [0.4, 0.5) is 5.82 Å². The van der Waals surface area contributed by atoms with Crippen molar-refractivity contribution in [2.24, 2.45) is 15.4 Å². The Morgan fingerprint density at radius 1 is 1.00 bits per heavy atom. The normalized spacial score (nSPS) is 16.2. The van der Waals surface area contributed by atoms with Crippen LogP contribution in [0.3, 0.4) is 0 Å². The molecular weight excluding hydrogens is 394 g/mol. The van der Waals surface area contributed by atoms with Gasteiger partial charge in [0.05, 0.1) is 17.8 Å². The monoisotopic (exact) mass is 419 g/mol. The lowest BCUT2D eigenvalue weighted by molar-refractivity contribution is 0.719. The van der Waals surface area contributed by atoms with Gasteiger partial charge in [0.15, 0.2) is 0 Å².